The Morgan fingerprint density at radius 2 is 2.12 bits per heavy atom. The molecule has 1 aromatic carbocycles. The Labute approximate surface area is 93.3 Å². The summed E-state index contributed by atoms with van der Waals surface area (Å²) in [6.07, 6.45) is 3.07. The SMILES string of the molecule is C[C@@H](NCc1cnco1)c1ccc(F)cc1. The zero-order valence-electron chi connectivity index (χ0n) is 8.98. The average Bonchev–Trinajstić information content (AvgIpc) is 2.80. The Morgan fingerprint density at radius 1 is 1.38 bits per heavy atom. The molecule has 0 spiro atoms. The highest BCUT2D eigenvalue weighted by atomic mass is 19.1. The minimum atomic E-state index is -0.216. The van der Waals surface area contributed by atoms with Gasteiger partial charge in [0, 0.05) is 6.04 Å². The van der Waals surface area contributed by atoms with Gasteiger partial charge in [-0.25, -0.2) is 9.37 Å². The summed E-state index contributed by atoms with van der Waals surface area (Å²) in [6, 6.07) is 6.61. The topological polar surface area (TPSA) is 38.1 Å². The van der Waals surface area contributed by atoms with E-state index in [1.807, 2.05) is 6.92 Å². The lowest BCUT2D eigenvalue weighted by molar-refractivity contribution is 0.457. The van der Waals surface area contributed by atoms with Gasteiger partial charge in [-0.15, -0.1) is 0 Å². The van der Waals surface area contributed by atoms with Crippen LogP contribution in [0, 0.1) is 5.82 Å². The van der Waals surface area contributed by atoms with E-state index in [1.54, 1.807) is 18.3 Å². The molecule has 1 heterocycles. The maximum Gasteiger partial charge on any atom is 0.180 e. The predicted octanol–water partition coefficient (Wildman–Crippen LogP) is 2.66. The summed E-state index contributed by atoms with van der Waals surface area (Å²) < 4.78 is 17.8. The second-order valence-electron chi connectivity index (χ2n) is 3.62. The highest BCUT2D eigenvalue weighted by Gasteiger charge is 2.05. The number of benzene rings is 1. The first-order chi connectivity index (χ1) is 7.75. The summed E-state index contributed by atoms with van der Waals surface area (Å²) in [5.74, 6) is 0.570. The van der Waals surface area contributed by atoms with Gasteiger partial charge in [-0.3, -0.25) is 0 Å². The summed E-state index contributed by atoms with van der Waals surface area (Å²) >= 11 is 0. The Morgan fingerprint density at radius 3 is 2.75 bits per heavy atom. The average molecular weight is 220 g/mol. The summed E-state index contributed by atoms with van der Waals surface area (Å²) in [5, 5.41) is 3.26. The molecule has 0 unspecified atom stereocenters. The molecule has 84 valence electrons. The summed E-state index contributed by atoms with van der Waals surface area (Å²) in [7, 11) is 0. The molecule has 0 aliphatic heterocycles. The van der Waals surface area contributed by atoms with Crippen molar-refractivity contribution < 1.29 is 8.81 Å². The smallest absolute Gasteiger partial charge is 0.180 e. The van der Waals surface area contributed by atoms with Crippen molar-refractivity contribution in [3.63, 3.8) is 0 Å². The first-order valence-corrected chi connectivity index (χ1v) is 5.12. The minimum Gasteiger partial charge on any atom is -0.447 e. The zero-order valence-corrected chi connectivity index (χ0v) is 8.98. The van der Waals surface area contributed by atoms with Crippen LogP contribution in [0.3, 0.4) is 0 Å². The molecule has 0 fully saturated rings. The van der Waals surface area contributed by atoms with E-state index in [-0.39, 0.29) is 11.9 Å². The summed E-state index contributed by atoms with van der Waals surface area (Å²) in [4.78, 5) is 3.83. The molecule has 0 radical (unpaired) electrons. The molecular formula is C12H13FN2O. The molecule has 1 N–H and O–H groups in total. The number of hydrogen-bond donors (Lipinski definition) is 1. The van der Waals surface area contributed by atoms with Crippen molar-refractivity contribution in [3.05, 3.63) is 54.0 Å². The Balaban J connectivity index is 1.93. The first kappa shape index (κ1) is 10.8. The molecule has 0 amide bonds. The van der Waals surface area contributed by atoms with E-state index in [9.17, 15) is 4.39 Å². The van der Waals surface area contributed by atoms with Gasteiger partial charge >= 0.3 is 0 Å². The molecule has 3 nitrogen and oxygen atoms in total. The van der Waals surface area contributed by atoms with E-state index in [0.29, 0.717) is 6.54 Å². The molecular weight excluding hydrogens is 207 g/mol. The monoisotopic (exact) mass is 220 g/mol. The number of halogens is 1. The summed E-state index contributed by atoms with van der Waals surface area (Å²) in [5.41, 5.74) is 1.04. The molecule has 1 atom stereocenters. The van der Waals surface area contributed by atoms with Gasteiger partial charge in [0.05, 0.1) is 12.7 Å². The van der Waals surface area contributed by atoms with Crippen LogP contribution in [0.5, 0.6) is 0 Å². The first-order valence-electron chi connectivity index (χ1n) is 5.12. The Kier molecular flexibility index (Phi) is 3.31. The molecule has 2 aromatic rings. The predicted molar refractivity (Wildman–Crippen MR) is 58.2 cm³/mol. The number of aromatic nitrogens is 1. The zero-order chi connectivity index (χ0) is 11.4. The van der Waals surface area contributed by atoms with Gasteiger partial charge in [-0.2, -0.15) is 0 Å². The van der Waals surface area contributed by atoms with Crippen LogP contribution < -0.4 is 5.32 Å². The van der Waals surface area contributed by atoms with Gasteiger partial charge in [-0.05, 0) is 24.6 Å². The Bertz CT molecular complexity index is 425. The van der Waals surface area contributed by atoms with E-state index in [0.717, 1.165) is 11.3 Å². The van der Waals surface area contributed by atoms with Crippen LogP contribution in [0.15, 0.2) is 41.3 Å². The Hall–Kier alpha value is -1.68. The lowest BCUT2D eigenvalue weighted by Crippen LogP contribution is -2.17. The maximum atomic E-state index is 12.7. The fourth-order valence-electron chi connectivity index (χ4n) is 1.45. The molecule has 1 aromatic heterocycles. The number of hydrogen-bond acceptors (Lipinski definition) is 3. The van der Waals surface area contributed by atoms with Crippen LogP contribution in [0.4, 0.5) is 4.39 Å². The molecule has 0 aliphatic rings. The second kappa shape index (κ2) is 4.90. The minimum absolute atomic E-state index is 0.144. The van der Waals surface area contributed by atoms with Crippen molar-refractivity contribution in [2.45, 2.75) is 19.5 Å². The van der Waals surface area contributed by atoms with Crippen LogP contribution >= 0.6 is 0 Å². The molecule has 0 saturated heterocycles. The van der Waals surface area contributed by atoms with E-state index in [4.69, 9.17) is 4.42 Å². The van der Waals surface area contributed by atoms with Crippen LogP contribution in [-0.2, 0) is 6.54 Å². The highest BCUT2D eigenvalue weighted by molar-refractivity contribution is 5.19. The van der Waals surface area contributed by atoms with Crippen molar-refractivity contribution in [3.8, 4) is 0 Å². The van der Waals surface area contributed by atoms with Crippen molar-refractivity contribution in [2.24, 2.45) is 0 Å². The van der Waals surface area contributed by atoms with Crippen molar-refractivity contribution in [1.29, 1.82) is 0 Å². The molecule has 0 saturated carbocycles. The van der Waals surface area contributed by atoms with Crippen LogP contribution in [0.2, 0.25) is 0 Å². The number of oxazole rings is 1. The lowest BCUT2D eigenvalue weighted by atomic mass is 10.1. The van der Waals surface area contributed by atoms with Crippen LogP contribution in [0.1, 0.15) is 24.3 Å². The van der Waals surface area contributed by atoms with Crippen LogP contribution in [-0.4, -0.2) is 4.98 Å². The van der Waals surface area contributed by atoms with Gasteiger partial charge in [0.15, 0.2) is 6.39 Å². The fourth-order valence-corrected chi connectivity index (χ4v) is 1.45. The molecule has 0 aliphatic carbocycles. The van der Waals surface area contributed by atoms with Crippen molar-refractivity contribution in [1.82, 2.24) is 10.3 Å². The largest absolute Gasteiger partial charge is 0.447 e. The van der Waals surface area contributed by atoms with Crippen molar-refractivity contribution in [2.75, 3.05) is 0 Å². The quantitative estimate of drug-likeness (QED) is 0.860. The molecule has 16 heavy (non-hydrogen) atoms. The molecule has 4 heteroatoms. The number of nitrogens with one attached hydrogen (secondary N) is 1. The van der Waals surface area contributed by atoms with E-state index in [1.165, 1.54) is 18.5 Å². The number of rotatable bonds is 4. The van der Waals surface area contributed by atoms with Gasteiger partial charge < -0.3 is 9.73 Å². The fraction of sp³-hybridized carbons (Fsp3) is 0.250. The standard InChI is InChI=1S/C12H13FN2O/c1-9(10-2-4-11(13)5-3-10)15-7-12-6-14-8-16-12/h2-6,8-9,15H,7H2,1H3/t9-/m1/s1. The molecule has 0 bridgehead atoms. The van der Waals surface area contributed by atoms with Crippen molar-refractivity contribution >= 4 is 0 Å². The second-order valence-corrected chi connectivity index (χ2v) is 3.62. The third kappa shape index (κ3) is 2.67. The van der Waals surface area contributed by atoms with E-state index >= 15 is 0 Å². The van der Waals surface area contributed by atoms with Gasteiger partial charge in [0.1, 0.15) is 11.6 Å². The van der Waals surface area contributed by atoms with Crippen LogP contribution in [0.25, 0.3) is 0 Å². The normalized spacial score (nSPS) is 12.6. The maximum absolute atomic E-state index is 12.7. The van der Waals surface area contributed by atoms with Gasteiger partial charge in [0.25, 0.3) is 0 Å². The van der Waals surface area contributed by atoms with Gasteiger partial charge in [-0.1, -0.05) is 12.1 Å². The number of nitrogens with zero attached hydrogens (tertiary/aromatic N) is 1. The lowest BCUT2D eigenvalue weighted by Gasteiger charge is -2.12. The third-order valence-electron chi connectivity index (χ3n) is 2.44. The van der Waals surface area contributed by atoms with Gasteiger partial charge in [0.2, 0.25) is 0 Å². The summed E-state index contributed by atoms with van der Waals surface area (Å²) in [6.45, 7) is 2.63. The van der Waals surface area contributed by atoms with E-state index < -0.39 is 0 Å². The van der Waals surface area contributed by atoms with E-state index in [2.05, 4.69) is 10.3 Å². The molecule has 2 rings (SSSR count). The highest BCUT2D eigenvalue weighted by Crippen LogP contribution is 2.13. The third-order valence-corrected chi connectivity index (χ3v) is 2.44.